The fourth-order valence-corrected chi connectivity index (χ4v) is 4.46. The van der Waals surface area contributed by atoms with Crippen LogP contribution in [0, 0.1) is 5.82 Å². The molecule has 1 saturated heterocycles. The fraction of sp³-hybridized carbons (Fsp3) is 0.417. The zero-order valence-electron chi connectivity index (χ0n) is 17.9. The molecular weight excluding hydrogens is 397 g/mol. The van der Waals surface area contributed by atoms with Gasteiger partial charge in [-0.15, -0.1) is 0 Å². The second-order valence-electron chi connectivity index (χ2n) is 8.65. The van der Waals surface area contributed by atoms with E-state index >= 15 is 0 Å². The number of hydrazine groups is 1. The summed E-state index contributed by atoms with van der Waals surface area (Å²) in [6.07, 6.45) is 2.99. The van der Waals surface area contributed by atoms with Gasteiger partial charge in [-0.25, -0.2) is 9.18 Å². The lowest BCUT2D eigenvalue weighted by Gasteiger charge is -2.36. The molecule has 2 aromatic carbocycles. The molecule has 3 unspecified atom stereocenters. The van der Waals surface area contributed by atoms with Gasteiger partial charge in [0.1, 0.15) is 5.82 Å². The van der Waals surface area contributed by atoms with Crippen molar-refractivity contribution in [2.45, 2.75) is 50.3 Å². The normalized spacial score (nSPS) is 25.1. The van der Waals surface area contributed by atoms with Crippen LogP contribution in [-0.2, 0) is 16.0 Å². The van der Waals surface area contributed by atoms with Gasteiger partial charge >= 0.3 is 5.97 Å². The summed E-state index contributed by atoms with van der Waals surface area (Å²) in [6, 6.07) is 14.2. The maximum Gasteiger partial charge on any atom is 0.339 e. The van der Waals surface area contributed by atoms with E-state index in [1.807, 2.05) is 12.1 Å². The molecule has 0 spiro atoms. The van der Waals surface area contributed by atoms with Crippen LogP contribution in [0.15, 0.2) is 48.5 Å². The number of hydrogen-bond donors (Lipinski definition) is 2. The molecular formula is C24H28FN3O3. The van der Waals surface area contributed by atoms with E-state index < -0.39 is 11.6 Å². The lowest BCUT2D eigenvalue weighted by Crippen LogP contribution is -2.52. The van der Waals surface area contributed by atoms with Gasteiger partial charge in [0.25, 0.3) is 5.91 Å². The van der Waals surface area contributed by atoms with Crippen LogP contribution in [0.4, 0.5) is 4.39 Å². The molecule has 4 rings (SSSR count). The zero-order chi connectivity index (χ0) is 22.0. The van der Waals surface area contributed by atoms with E-state index in [0.717, 1.165) is 30.4 Å². The first-order valence-corrected chi connectivity index (χ1v) is 10.7. The molecule has 3 atom stereocenters. The van der Waals surface area contributed by atoms with Gasteiger partial charge in [0.15, 0.2) is 5.60 Å². The predicted molar refractivity (Wildman–Crippen MR) is 115 cm³/mol. The van der Waals surface area contributed by atoms with Crippen molar-refractivity contribution in [1.82, 2.24) is 15.8 Å². The Morgan fingerprint density at radius 3 is 2.71 bits per heavy atom. The summed E-state index contributed by atoms with van der Waals surface area (Å²) in [5, 5.41) is 0. The number of carbonyl (C=O) groups is 2. The second-order valence-corrected chi connectivity index (χ2v) is 8.65. The first-order valence-electron chi connectivity index (χ1n) is 10.7. The van der Waals surface area contributed by atoms with Gasteiger partial charge < -0.3 is 9.64 Å². The Morgan fingerprint density at radius 2 is 1.94 bits per heavy atom. The molecule has 2 aliphatic rings. The molecule has 2 heterocycles. The Bertz CT molecular complexity index is 965. The Labute approximate surface area is 181 Å². The van der Waals surface area contributed by atoms with Crippen molar-refractivity contribution in [3.05, 3.63) is 71.0 Å². The van der Waals surface area contributed by atoms with Gasteiger partial charge in [0.05, 0.1) is 5.56 Å². The number of rotatable bonds is 6. The van der Waals surface area contributed by atoms with E-state index in [1.165, 1.54) is 12.1 Å². The Kier molecular flexibility index (Phi) is 6.07. The highest BCUT2D eigenvalue weighted by molar-refractivity contribution is 5.97. The summed E-state index contributed by atoms with van der Waals surface area (Å²) in [5.41, 5.74) is 7.81. The molecule has 2 aromatic rings. The van der Waals surface area contributed by atoms with Crippen LogP contribution in [-0.4, -0.2) is 42.0 Å². The summed E-state index contributed by atoms with van der Waals surface area (Å²) >= 11 is 0. The molecule has 0 bridgehead atoms. The molecule has 0 saturated carbocycles. The number of ether oxygens (including phenoxy) is 1. The molecule has 31 heavy (non-hydrogen) atoms. The van der Waals surface area contributed by atoms with Gasteiger partial charge in [-0.3, -0.25) is 15.6 Å². The lowest BCUT2D eigenvalue weighted by atomic mass is 9.89. The third kappa shape index (κ3) is 4.62. The van der Waals surface area contributed by atoms with Gasteiger partial charge in [-0.1, -0.05) is 30.3 Å². The van der Waals surface area contributed by atoms with Crippen LogP contribution in [0.1, 0.15) is 53.7 Å². The monoisotopic (exact) mass is 425 g/mol. The highest BCUT2D eigenvalue weighted by Gasteiger charge is 2.44. The first-order chi connectivity index (χ1) is 14.9. The molecule has 7 heteroatoms. The van der Waals surface area contributed by atoms with Crippen LogP contribution in [0.2, 0.25) is 0 Å². The summed E-state index contributed by atoms with van der Waals surface area (Å²) in [6.45, 7) is 2.27. The van der Waals surface area contributed by atoms with Crippen LogP contribution in [0.3, 0.4) is 0 Å². The van der Waals surface area contributed by atoms with Crippen molar-refractivity contribution < 1.29 is 18.7 Å². The third-order valence-electron chi connectivity index (χ3n) is 6.18. The smallest absolute Gasteiger partial charge is 0.339 e. The molecule has 2 aliphatic heterocycles. The number of carbonyl (C=O) groups excluding carboxylic acids is 2. The van der Waals surface area contributed by atoms with Gasteiger partial charge in [0.2, 0.25) is 0 Å². The summed E-state index contributed by atoms with van der Waals surface area (Å²) in [5.74, 6) is -0.865. The second kappa shape index (κ2) is 8.77. The number of halogens is 1. The van der Waals surface area contributed by atoms with E-state index in [-0.39, 0.29) is 23.8 Å². The number of fused-ring (bicyclic) bond motifs is 1. The standard InChI is InChI=1S/C24H28FN3O3/c1-24(15-17-6-3-4-8-20(17)22(29)31-24)23(30)28(2)13-5-7-19-14-21(27-26-19)16-9-11-18(25)12-10-16/h3-4,6,8-12,19,21,26-27H,5,7,13-15H2,1-2H3. The van der Waals surface area contributed by atoms with E-state index in [1.54, 1.807) is 43.1 Å². The lowest BCUT2D eigenvalue weighted by molar-refractivity contribution is -0.149. The summed E-state index contributed by atoms with van der Waals surface area (Å²) < 4.78 is 18.7. The maximum atomic E-state index is 13.1. The fourth-order valence-electron chi connectivity index (χ4n) is 4.46. The minimum absolute atomic E-state index is 0.144. The molecule has 164 valence electrons. The maximum absolute atomic E-state index is 13.1. The van der Waals surface area contributed by atoms with Crippen LogP contribution >= 0.6 is 0 Å². The zero-order valence-corrected chi connectivity index (χ0v) is 17.9. The topological polar surface area (TPSA) is 70.7 Å². The van der Waals surface area contributed by atoms with Crippen LogP contribution in [0.25, 0.3) is 0 Å². The quantitative estimate of drug-likeness (QED) is 0.696. The highest BCUT2D eigenvalue weighted by Crippen LogP contribution is 2.30. The van der Waals surface area contributed by atoms with Crippen molar-refractivity contribution in [1.29, 1.82) is 0 Å². The number of esters is 1. The van der Waals surface area contributed by atoms with E-state index in [2.05, 4.69) is 10.9 Å². The SMILES string of the molecule is CN(CCCC1CC(c2ccc(F)cc2)NN1)C(=O)C1(C)Cc2ccccc2C(=O)O1. The number of likely N-dealkylation sites (N-methyl/N-ethyl adjacent to an activating group) is 1. The number of hydrogen-bond acceptors (Lipinski definition) is 5. The van der Waals surface area contributed by atoms with E-state index in [9.17, 15) is 14.0 Å². The van der Waals surface area contributed by atoms with Gasteiger partial charge in [0, 0.05) is 32.1 Å². The minimum Gasteiger partial charge on any atom is -0.445 e. The molecule has 1 amide bonds. The molecule has 6 nitrogen and oxygen atoms in total. The number of benzene rings is 2. The molecule has 1 fully saturated rings. The summed E-state index contributed by atoms with van der Waals surface area (Å²) in [4.78, 5) is 27.1. The largest absolute Gasteiger partial charge is 0.445 e. The van der Waals surface area contributed by atoms with Crippen molar-refractivity contribution in [3.63, 3.8) is 0 Å². The predicted octanol–water partition coefficient (Wildman–Crippen LogP) is 3.14. The number of nitrogens with one attached hydrogen (secondary N) is 2. The Balaban J connectivity index is 1.27. The minimum atomic E-state index is -1.18. The van der Waals surface area contributed by atoms with Gasteiger partial charge in [-0.2, -0.15) is 0 Å². The number of nitrogens with zero attached hydrogens (tertiary/aromatic N) is 1. The van der Waals surface area contributed by atoms with Crippen molar-refractivity contribution in [2.75, 3.05) is 13.6 Å². The van der Waals surface area contributed by atoms with Crippen LogP contribution in [0.5, 0.6) is 0 Å². The Morgan fingerprint density at radius 1 is 1.19 bits per heavy atom. The average molecular weight is 426 g/mol. The number of amides is 1. The molecule has 0 aliphatic carbocycles. The third-order valence-corrected chi connectivity index (χ3v) is 6.18. The molecule has 0 aromatic heterocycles. The van der Waals surface area contributed by atoms with Crippen LogP contribution < -0.4 is 10.9 Å². The van der Waals surface area contributed by atoms with Gasteiger partial charge in [-0.05, 0) is 55.5 Å². The van der Waals surface area contributed by atoms with E-state index in [4.69, 9.17) is 4.74 Å². The molecule has 0 radical (unpaired) electrons. The highest BCUT2D eigenvalue weighted by atomic mass is 19.1. The molecule has 2 N–H and O–H groups in total. The number of cyclic esters (lactones) is 1. The van der Waals surface area contributed by atoms with Crippen molar-refractivity contribution in [2.24, 2.45) is 0 Å². The van der Waals surface area contributed by atoms with Crippen molar-refractivity contribution in [3.8, 4) is 0 Å². The average Bonchev–Trinajstić information content (AvgIpc) is 3.22. The summed E-state index contributed by atoms with van der Waals surface area (Å²) in [7, 11) is 1.75. The van der Waals surface area contributed by atoms with E-state index in [0.29, 0.717) is 18.5 Å². The first kappa shape index (κ1) is 21.5. The van der Waals surface area contributed by atoms with Crippen molar-refractivity contribution >= 4 is 11.9 Å². The Hall–Kier alpha value is -2.77.